The van der Waals surface area contributed by atoms with Crippen LogP contribution >= 0.6 is 11.3 Å². The minimum atomic E-state index is -3.32. The van der Waals surface area contributed by atoms with Crippen LogP contribution < -0.4 is 4.74 Å². The molecule has 0 aliphatic carbocycles. The van der Waals surface area contributed by atoms with Gasteiger partial charge >= 0.3 is 0 Å². The number of thiophene rings is 1. The van der Waals surface area contributed by atoms with Gasteiger partial charge in [0.15, 0.2) is 16.4 Å². The predicted molar refractivity (Wildman–Crippen MR) is 111 cm³/mol. The molecule has 5 nitrogen and oxygen atoms in total. The quantitative estimate of drug-likeness (QED) is 0.518. The molecule has 0 spiro atoms. The molecule has 7 heteroatoms. The molecule has 0 fully saturated rings. The molecular weight excluding hydrogens is 394 g/mol. The Hall–Kier alpha value is -2.38. The van der Waals surface area contributed by atoms with Crippen molar-refractivity contribution >= 4 is 27.0 Å². The van der Waals surface area contributed by atoms with E-state index in [1.54, 1.807) is 23.5 Å². The number of hydrogen-bond acceptors (Lipinski definition) is 5. The smallest absolute Gasteiger partial charge is 0.202 e. The highest BCUT2D eigenvalue weighted by molar-refractivity contribution is 7.90. The second kappa shape index (κ2) is 8.32. The van der Waals surface area contributed by atoms with E-state index in [4.69, 9.17) is 4.74 Å². The number of Topliss-reactive ketones (excluding diaryl/α,β-unsaturated/α-hetero) is 1. The third kappa shape index (κ3) is 4.72. The summed E-state index contributed by atoms with van der Waals surface area (Å²) >= 11 is 1.73. The Kier molecular flexibility index (Phi) is 6.05. The second-order valence-corrected chi connectivity index (χ2v) is 9.77. The van der Waals surface area contributed by atoms with Gasteiger partial charge in [-0.2, -0.15) is 0 Å². The number of carbonyl (C=O) groups excluding carboxylic acids is 1. The number of benzene rings is 1. The average Bonchev–Trinajstić information content (AvgIpc) is 3.26. The Bertz CT molecular complexity index is 1080. The SMILES string of the molecule is Cc1cc(C(=O)COc2cccc(S(C)(=O)=O)c2)c(C)n1CCc1cccs1. The summed E-state index contributed by atoms with van der Waals surface area (Å²) in [6, 6.07) is 12.2. The van der Waals surface area contributed by atoms with Gasteiger partial charge in [-0.1, -0.05) is 12.1 Å². The van der Waals surface area contributed by atoms with Gasteiger partial charge in [-0.05, 0) is 56.0 Å². The van der Waals surface area contributed by atoms with Crippen LogP contribution in [0, 0.1) is 13.8 Å². The van der Waals surface area contributed by atoms with Crippen molar-refractivity contribution in [3.05, 3.63) is 69.7 Å². The fraction of sp³-hybridized carbons (Fsp3) is 0.286. The first-order valence-electron chi connectivity index (χ1n) is 8.91. The molecule has 0 aliphatic heterocycles. The molecule has 0 atom stereocenters. The van der Waals surface area contributed by atoms with Gasteiger partial charge in [-0.3, -0.25) is 4.79 Å². The van der Waals surface area contributed by atoms with Crippen molar-refractivity contribution < 1.29 is 17.9 Å². The Morgan fingerprint density at radius 3 is 2.61 bits per heavy atom. The summed E-state index contributed by atoms with van der Waals surface area (Å²) in [5.74, 6) is 0.239. The summed E-state index contributed by atoms with van der Waals surface area (Å²) in [4.78, 5) is 14.1. The van der Waals surface area contributed by atoms with Crippen LogP contribution in [0.15, 0.2) is 52.7 Å². The topological polar surface area (TPSA) is 65.4 Å². The second-order valence-electron chi connectivity index (χ2n) is 6.72. The highest BCUT2D eigenvalue weighted by Gasteiger charge is 2.17. The molecule has 0 unspecified atom stereocenters. The van der Waals surface area contributed by atoms with Crippen molar-refractivity contribution in [2.45, 2.75) is 31.7 Å². The van der Waals surface area contributed by atoms with Crippen molar-refractivity contribution in [1.82, 2.24) is 4.57 Å². The molecule has 3 rings (SSSR count). The lowest BCUT2D eigenvalue weighted by Gasteiger charge is -2.10. The highest BCUT2D eigenvalue weighted by atomic mass is 32.2. The van der Waals surface area contributed by atoms with Crippen molar-refractivity contribution in [3.63, 3.8) is 0 Å². The van der Waals surface area contributed by atoms with Gasteiger partial charge in [0.1, 0.15) is 5.75 Å². The zero-order valence-electron chi connectivity index (χ0n) is 16.1. The number of hydrogen-bond donors (Lipinski definition) is 0. The Balaban J connectivity index is 1.69. The number of aromatic nitrogens is 1. The van der Waals surface area contributed by atoms with Gasteiger partial charge in [0.2, 0.25) is 5.78 Å². The van der Waals surface area contributed by atoms with E-state index in [9.17, 15) is 13.2 Å². The minimum Gasteiger partial charge on any atom is -0.485 e. The van der Waals surface area contributed by atoms with Crippen LogP contribution in [0.3, 0.4) is 0 Å². The van der Waals surface area contributed by atoms with E-state index in [-0.39, 0.29) is 17.3 Å². The fourth-order valence-electron chi connectivity index (χ4n) is 3.13. The van der Waals surface area contributed by atoms with Crippen LogP contribution in [-0.2, 0) is 22.8 Å². The molecular formula is C21H23NO4S2. The molecule has 0 saturated carbocycles. The largest absolute Gasteiger partial charge is 0.485 e. The van der Waals surface area contributed by atoms with Crippen molar-refractivity contribution in [1.29, 1.82) is 0 Å². The van der Waals surface area contributed by atoms with Gasteiger partial charge in [-0.15, -0.1) is 11.3 Å². The molecule has 2 aromatic heterocycles. The Morgan fingerprint density at radius 2 is 1.93 bits per heavy atom. The van der Waals surface area contributed by atoms with Crippen LogP contribution in [0.25, 0.3) is 0 Å². The summed E-state index contributed by atoms with van der Waals surface area (Å²) < 4.78 is 31.0. The average molecular weight is 418 g/mol. The maximum absolute atomic E-state index is 12.7. The van der Waals surface area contributed by atoms with E-state index in [0.29, 0.717) is 11.3 Å². The third-order valence-electron chi connectivity index (χ3n) is 4.64. The van der Waals surface area contributed by atoms with Crippen LogP contribution in [0.5, 0.6) is 5.75 Å². The van der Waals surface area contributed by atoms with Crippen LogP contribution in [0.2, 0.25) is 0 Å². The number of aryl methyl sites for hydroxylation is 2. The summed E-state index contributed by atoms with van der Waals surface area (Å²) in [5, 5.41) is 2.07. The molecule has 0 bridgehead atoms. The van der Waals surface area contributed by atoms with E-state index in [2.05, 4.69) is 16.0 Å². The standard InChI is InChI=1S/C21H23NO4S2/c1-15-12-20(16(2)22(15)10-9-18-7-5-11-27-18)21(23)14-26-17-6-4-8-19(13-17)28(3,24)25/h4-8,11-13H,9-10,14H2,1-3H3. The van der Waals surface area contributed by atoms with E-state index in [1.807, 2.05) is 26.0 Å². The molecule has 0 amide bonds. The summed E-state index contributed by atoms with van der Waals surface area (Å²) in [5.41, 5.74) is 2.60. The van der Waals surface area contributed by atoms with E-state index in [0.717, 1.165) is 30.6 Å². The number of rotatable bonds is 8. The molecule has 0 radical (unpaired) electrons. The zero-order chi connectivity index (χ0) is 20.3. The normalized spacial score (nSPS) is 11.5. The Labute approximate surface area is 169 Å². The number of carbonyl (C=O) groups is 1. The first kappa shape index (κ1) is 20.4. The lowest BCUT2D eigenvalue weighted by Crippen LogP contribution is -2.13. The van der Waals surface area contributed by atoms with E-state index >= 15 is 0 Å². The monoisotopic (exact) mass is 417 g/mol. The maximum Gasteiger partial charge on any atom is 0.202 e. The maximum atomic E-state index is 12.7. The van der Waals surface area contributed by atoms with Gasteiger partial charge in [0.25, 0.3) is 0 Å². The molecule has 28 heavy (non-hydrogen) atoms. The molecule has 3 aromatic rings. The van der Waals surface area contributed by atoms with Gasteiger partial charge in [-0.25, -0.2) is 8.42 Å². The van der Waals surface area contributed by atoms with Crippen molar-refractivity contribution in [2.75, 3.05) is 12.9 Å². The molecule has 0 saturated heterocycles. The molecule has 2 heterocycles. The number of nitrogens with zero attached hydrogens (tertiary/aromatic N) is 1. The third-order valence-corrected chi connectivity index (χ3v) is 6.69. The van der Waals surface area contributed by atoms with Crippen LogP contribution in [0.1, 0.15) is 26.6 Å². The Morgan fingerprint density at radius 1 is 1.14 bits per heavy atom. The molecule has 1 aromatic carbocycles. The fourth-order valence-corrected chi connectivity index (χ4v) is 4.48. The first-order valence-corrected chi connectivity index (χ1v) is 11.7. The highest BCUT2D eigenvalue weighted by Crippen LogP contribution is 2.20. The summed E-state index contributed by atoms with van der Waals surface area (Å²) in [6.45, 7) is 4.62. The van der Waals surface area contributed by atoms with Crippen molar-refractivity contribution in [2.24, 2.45) is 0 Å². The van der Waals surface area contributed by atoms with E-state index < -0.39 is 9.84 Å². The zero-order valence-corrected chi connectivity index (χ0v) is 17.8. The lowest BCUT2D eigenvalue weighted by molar-refractivity contribution is 0.0920. The first-order chi connectivity index (χ1) is 13.3. The number of ketones is 1. The molecule has 0 aliphatic rings. The molecule has 0 N–H and O–H groups in total. The minimum absolute atomic E-state index is 0.125. The number of sulfone groups is 1. The van der Waals surface area contributed by atoms with E-state index in [1.165, 1.54) is 17.0 Å². The van der Waals surface area contributed by atoms with Crippen LogP contribution in [0.4, 0.5) is 0 Å². The molecule has 148 valence electrons. The van der Waals surface area contributed by atoms with Gasteiger partial charge < -0.3 is 9.30 Å². The van der Waals surface area contributed by atoms with Gasteiger partial charge in [0, 0.05) is 34.6 Å². The van der Waals surface area contributed by atoms with Crippen LogP contribution in [-0.4, -0.2) is 31.6 Å². The summed E-state index contributed by atoms with van der Waals surface area (Å²) in [7, 11) is -3.32. The predicted octanol–water partition coefficient (Wildman–Crippen LogP) is 4.07. The lowest BCUT2D eigenvalue weighted by atomic mass is 10.1. The number of ether oxygens (including phenoxy) is 1. The summed E-state index contributed by atoms with van der Waals surface area (Å²) in [6.07, 6.45) is 2.07. The van der Waals surface area contributed by atoms with Crippen molar-refractivity contribution in [3.8, 4) is 5.75 Å². The van der Waals surface area contributed by atoms with Gasteiger partial charge in [0.05, 0.1) is 4.90 Å².